The van der Waals surface area contributed by atoms with E-state index in [1.807, 2.05) is 13.1 Å². The first-order valence-corrected chi connectivity index (χ1v) is 4.73. The first-order valence-electron chi connectivity index (χ1n) is 4.73. The number of hydrogen-bond acceptors (Lipinski definition) is 1. The van der Waals surface area contributed by atoms with E-state index in [-0.39, 0.29) is 12.4 Å². The van der Waals surface area contributed by atoms with Gasteiger partial charge in [0.2, 0.25) is 0 Å². The van der Waals surface area contributed by atoms with Gasteiger partial charge in [0, 0.05) is 12.7 Å². The monoisotopic (exact) mass is 219 g/mol. The molecule has 2 aromatic rings. The van der Waals surface area contributed by atoms with Crippen molar-refractivity contribution in [3.63, 3.8) is 0 Å². The third-order valence-corrected chi connectivity index (χ3v) is 2.28. The van der Waals surface area contributed by atoms with Crippen molar-refractivity contribution in [2.45, 2.75) is 0 Å². The Morgan fingerprint density at radius 1 is 0.733 bits per heavy atom. The average molecular weight is 220 g/mol. The van der Waals surface area contributed by atoms with Crippen LogP contribution in [0.2, 0.25) is 0 Å². The summed E-state index contributed by atoms with van der Waals surface area (Å²) in [6, 6.07) is 18.8. The molecule has 0 atom stereocenters. The molecule has 0 aliphatic heterocycles. The van der Waals surface area contributed by atoms with Crippen LogP contribution in [-0.2, 0) is 0 Å². The molecule has 0 spiro atoms. The van der Waals surface area contributed by atoms with Gasteiger partial charge in [0.1, 0.15) is 0 Å². The summed E-state index contributed by atoms with van der Waals surface area (Å²) in [5.74, 6) is 0. The van der Waals surface area contributed by atoms with Crippen LogP contribution in [0.15, 0.2) is 54.6 Å². The van der Waals surface area contributed by atoms with Gasteiger partial charge >= 0.3 is 0 Å². The summed E-state index contributed by atoms with van der Waals surface area (Å²) in [6.07, 6.45) is 0. The Hall–Kier alpha value is -1.47. The lowest BCUT2D eigenvalue weighted by Crippen LogP contribution is -1.86. The second-order valence-electron chi connectivity index (χ2n) is 3.19. The highest BCUT2D eigenvalue weighted by Crippen LogP contribution is 2.20. The van der Waals surface area contributed by atoms with E-state index in [4.69, 9.17) is 0 Å². The molecule has 0 radical (unpaired) electrons. The van der Waals surface area contributed by atoms with Crippen LogP contribution in [0.4, 0.5) is 5.69 Å². The van der Waals surface area contributed by atoms with Crippen molar-refractivity contribution in [2.75, 3.05) is 12.4 Å². The highest BCUT2D eigenvalue weighted by atomic mass is 35.5. The van der Waals surface area contributed by atoms with Gasteiger partial charge in [-0.25, -0.2) is 0 Å². The lowest BCUT2D eigenvalue weighted by Gasteiger charge is -2.03. The number of benzene rings is 2. The fraction of sp³-hybridized carbons (Fsp3) is 0.0769. The topological polar surface area (TPSA) is 12.0 Å². The standard InChI is InChI=1S/C13H13N.ClH/c1-14-13-9-7-12(8-10-13)11-5-3-2-4-6-11;/h2-10,14H,1H3;1H. The van der Waals surface area contributed by atoms with Gasteiger partial charge in [-0.05, 0) is 23.3 Å². The molecule has 0 unspecified atom stereocenters. The molecule has 78 valence electrons. The van der Waals surface area contributed by atoms with Crippen LogP contribution in [0.3, 0.4) is 0 Å². The lowest BCUT2D eigenvalue weighted by molar-refractivity contribution is 1.51. The van der Waals surface area contributed by atoms with Crippen LogP contribution in [0.25, 0.3) is 11.1 Å². The van der Waals surface area contributed by atoms with Crippen molar-refractivity contribution in [1.82, 2.24) is 0 Å². The zero-order valence-corrected chi connectivity index (χ0v) is 9.42. The molecule has 1 nitrogen and oxygen atoms in total. The highest BCUT2D eigenvalue weighted by Gasteiger charge is 1.95. The molecular weight excluding hydrogens is 206 g/mol. The van der Waals surface area contributed by atoms with Gasteiger partial charge in [-0.15, -0.1) is 12.4 Å². The number of rotatable bonds is 2. The Balaban J connectivity index is 0.00000112. The van der Waals surface area contributed by atoms with Crippen LogP contribution in [-0.4, -0.2) is 7.05 Å². The van der Waals surface area contributed by atoms with E-state index in [0.29, 0.717) is 0 Å². The fourth-order valence-electron chi connectivity index (χ4n) is 1.46. The van der Waals surface area contributed by atoms with Gasteiger partial charge in [0.15, 0.2) is 0 Å². The predicted molar refractivity (Wildman–Crippen MR) is 68.7 cm³/mol. The quantitative estimate of drug-likeness (QED) is 0.810. The number of anilines is 1. The maximum atomic E-state index is 3.11. The molecule has 0 saturated heterocycles. The minimum absolute atomic E-state index is 0. The predicted octanol–water partition coefficient (Wildman–Crippen LogP) is 3.82. The molecule has 0 heterocycles. The number of hydrogen-bond donors (Lipinski definition) is 1. The molecule has 2 rings (SSSR count). The zero-order chi connectivity index (χ0) is 9.80. The SMILES string of the molecule is CNc1ccc(-c2ccccc2)cc1.Cl. The second kappa shape index (κ2) is 5.42. The van der Waals surface area contributed by atoms with Crippen LogP contribution < -0.4 is 5.32 Å². The smallest absolute Gasteiger partial charge is 0.0337 e. The largest absolute Gasteiger partial charge is 0.388 e. The Kier molecular flexibility index (Phi) is 4.19. The Morgan fingerprint density at radius 3 is 1.80 bits per heavy atom. The maximum absolute atomic E-state index is 3.11. The lowest BCUT2D eigenvalue weighted by atomic mass is 10.1. The molecule has 2 aromatic carbocycles. The molecule has 1 N–H and O–H groups in total. The highest BCUT2D eigenvalue weighted by molar-refractivity contribution is 5.85. The first-order chi connectivity index (χ1) is 6.90. The summed E-state index contributed by atoms with van der Waals surface area (Å²) >= 11 is 0. The summed E-state index contributed by atoms with van der Waals surface area (Å²) in [5, 5.41) is 3.11. The van der Waals surface area contributed by atoms with E-state index in [2.05, 4.69) is 53.8 Å². The first kappa shape index (κ1) is 11.6. The molecule has 0 saturated carbocycles. The summed E-state index contributed by atoms with van der Waals surface area (Å²) in [5.41, 5.74) is 3.66. The van der Waals surface area contributed by atoms with Crippen LogP contribution in [0, 0.1) is 0 Å². The van der Waals surface area contributed by atoms with Crippen molar-refractivity contribution in [3.8, 4) is 11.1 Å². The minimum Gasteiger partial charge on any atom is -0.388 e. The summed E-state index contributed by atoms with van der Waals surface area (Å²) in [4.78, 5) is 0. The Morgan fingerprint density at radius 2 is 1.27 bits per heavy atom. The molecule has 2 heteroatoms. The van der Waals surface area contributed by atoms with Crippen LogP contribution >= 0.6 is 12.4 Å². The number of halogens is 1. The van der Waals surface area contributed by atoms with Gasteiger partial charge in [-0.3, -0.25) is 0 Å². The average Bonchev–Trinajstić information content (AvgIpc) is 2.30. The van der Waals surface area contributed by atoms with E-state index >= 15 is 0 Å². The van der Waals surface area contributed by atoms with Gasteiger partial charge in [-0.2, -0.15) is 0 Å². The molecule has 0 bridgehead atoms. The Bertz CT molecular complexity index is 395. The van der Waals surface area contributed by atoms with Crippen LogP contribution in [0.1, 0.15) is 0 Å². The van der Waals surface area contributed by atoms with Crippen molar-refractivity contribution >= 4 is 18.1 Å². The van der Waals surface area contributed by atoms with Crippen LogP contribution in [0.5, 0.6) is 0 Å². The molecule has 0 aliphatic carbocycles. The molecular formula is C13H14ClN. The number of nitrogens with one attached hydrogen (secondary N) is 1. The molecule has 0 aromatic heterocycles. The summed E-state index contributed by atoms with van der Waals surface area (Å²) in [6.45, 7) is 0. The molecule has 0 amide bonds. The van der Waals surface area contributed by atoms with E-state index < -0.39 is 0 Å². The van der Waals surface area contributed by atoms with Crippen molar-refractivity contribution in [3.05, 3.63) is 54.6 Å². The summed E-state index contributed by atoms with van der Waals surface area (Å²) in [7, 11) is 1.93. The van der Waals surface area contributed by atoms with Crippen molar-refractivity contribution < 1.29 is 0 Å². The van der Waals surface area contributed by atoms with Gasteiger partial charge < -0.3 is 5.32 Å². The third kappa shape index (κ3) is 2.74. The molecule has 15 heavy (non-hydrogen) atoms. The zero-order valence-electron chi connectivity index (χ0n) is 8.60. The third-order valence-electron chi connectivity index (χ3n) is 2.28. The fourth-order valence-corrected chi connectivity index (χ4v) is 1.46. The molecule has 0 aliphatic rings. The van der Waals surface area contributed by atoms with Gasteiger partial charge in [0.05, 0.1) is 0 Å². The minimum atomic E-state index is 0. The van der Waals surface area contributed by atoms with Gasteiger partial charge in [0.25, 0.3) is 0 Å². The van der Waals surface area contributed by atoms with E-state index in [1.54, 1.807) is 0 Å². The van der Waals surface area contributed by atoms with E-state index in [0.717, 1.165) is 5.69 Å². The normalized spacial score (nSPS) is 9.13. The van der Waals surface area contributed by atoms with E-state index in [9.17, 15) is 0 Å². The van der Waals surface area contributed by atoms with Crippen molar-refractivity contribution in [2.24, 2.45) is 0 Å². The van der Waals surface area contributed by atoms with E-state index in [1.165, 1.54) is 11.1 Å². The van der Waals surface area contributed by atoms with Gasteiger partial charge in [-0.1, -0.05) is 42.5 Å². The second-order valence-corrected chi connectivity index (χ2v) is 3.19. The Labute approximate surface area is 96.6 Å². The van der Waals surface area contributed by atoms with Crippen molar-refractivity contribution in [1.29, 1.82) is 0 Å². The molecule has 0 fully saturated rings. The summed E-state index contributed by atoms with van der Waals surface area (Å²) < 4.78 is 0. The maximum Gasteiger partial charge on any atom is 0.0337 e.